The van der Waals surface area contributed by atoms with Gasteiger partial charge >= 0.3 is 157 Å². The minimum absolute atomic E-state index is 0. The summed E-state index contributed by atoms with van der Waals surface area (Å²) >= 11 is 0. The molecule has 0 N–H and O–H groups in total. The smallest absolute Gasteiger partial charge is 1.00 e. The van der Waals surface area contributed by atoms with Crippen LogP contribution in [-0.2, 0) is 72.5 Å². The summed E-state index contributed by atoms with van der Waals surface area (Å²) in [5.74, 6) is 0. The van der Waals surface area contributed by atoms with Crippen LogP contribution in [0.3, 0.4) is 0 Å². The molecule has 8 heavy (non-hydrogen) atoms. The van der Waals surface area contributed by atoms with Crippen molar-refractivity contribution in [3.63, 3.8) is 0 Å². The summed E-state index contributed by atoms with van der Waals surface area (Å²) in [6, 6.07) is 0. The fourth-order valence-corrected chi connectivity index (χ4v) is 0. The van der Waals surface area contributed by atoms with Crippen LogP contribution in [-0.4, -0.2) is 0 Å². The molecule has 0 aliphatic carbocycles. The molecule has 0 spiro atoms. The Morgan fingerprint density at radius 1 is 0.500 bits per heavy atom. The summed E-state index contributed by atoms with van der Waals surface area (Å²) in [5, 5.41) is 0. The summed E-state index contributed by atoms with van der Waals surface area (Å²) in [5.41, 5.74) is 0. The molecule has 0 saturated heterocycles. The zero-order chi connectivity index (χ0) is 0. The van der Waals surface area contributed by atoms with Crippen LogP contribution in [0, 0.1) is 0 Å². The van der Waals surface area contributed by atoms with E-state index in [2.05, 4.69) is 0 Å². The van der Waals surface area contributed by atoms with E-state index in [-0.39, 0.29) is 229 Å². The van der Waals surface area contributed by atoms with Crippen LogP contribution in [0.15, 0.2) is 0 Å². The third kappa shape index (κ3) is 38.8. The van der Waals surface area contributed by atoms with E-state index in [0.29, 0.717) is 0 Å². The van der Waals surface area contributed by atoms with E-state index in [0.717, 1.165) is 0 Å². The van der Waals surface area contributed by atoms with Gasteiger partial charge in [0.2, 0.25) is 0 Å². The Morgan fingerprint density at radius 3 is 0.500 bits per heavy atom. The predicted molar refractivity (Wildman–Crippen MR) is 29.5 cm³/mol. The summed E-state index contributed by atoms with van der Waals surface area (Å²) in [4.78, 5) is 0. The van der Waals surface area contributed by atoms with Crippen molar-refractivity contribution >= 4 is 54.0 Å². The molecule has 0 aromatic heterocycles. The molecule has 0 aromatic carbocycles. The standard InChI is InChI=1S/2Cs.Li.4S.V/q3*+1;4*-2;. The molecule has 0 unspecified atom stereocenters. The second-order valence-corrected chi connectivity index (χ2v) is 0. The van der Waals surface area contributed by atoms with Crippen molar-refractivity contribution in [2.45, 2.75) is 0 Å². The second kappa shape index (κ2) is 49.3. The van der Waals surface area contributed by atoms with Crippen LogP contribution in [0.2, 0.25) is 0 Å². The van der Waals surface area contributed by atoms with Crippen LogP contribution >= 0.6 is 0 Å². The molecule has 0 nitrogen and oxygen atoms in total. The van der Waals surface area contributed by atoms with Crippen molar-refractivity contribution < 1.29 is 175 Å². The molecule has 0 aliphatic heterocycles. The Bertz CT molecular complexity index is 14.0. The third-order valence-corrected chi connectivity index (χ3v) is 0. The first-order valence-electron chi connectivity index (χ1n) is 0. The molecule has 1 radical (unpaired) electrons. The van der Waals surface area contributed by atoms with Crippen molar-refractivity contribution in [3.05, 3.63) is 0 Å². The molecule has 0 rings (SSSR count). The van der Waals surface area contributed by atoms with Gasteiger partial charge in [-0.25, -0.2) is 0 Å². The Morgan fingerprint density at radius 2 is 0.500 bits per heavy atom. The molecule has 0 atom stereocenters. The van der Waals surface area contributed by atoms with Crippen molar-refractivity contribution in [2.24, 2.45) is 0 Å². The van der Waals surface area contributed by atoms with Crippen LogP contribution in [0.5, 0.6) is 0 Å². The van der Waals surface area contributed by atoms with Crippen LogP contribution in [0.4, 0.5) is 0 Å². The van der Waals surface area contributed by atoms with Crippen molar-refractivity contribution in [3.8, 4) is 0 Å². The number of rotatable bonds is 0. The first-order chi connectivity index (χ1) is 0. The molecule has 0 aromatic rings. The fraction of sp³-hybridized carbons (Fsp3) is 0. The zero-order valence-electron chi connectivity index (χ0n) is 5.08. The number of hydrogen-bond donors (Lipinski definition) is 0. The van der Waals surface area contributed by atoms with Gasteiger partial charge in [0, 0.05) is 18.6 Å². The van der Waals surface area contributed by atoms with Gasteiger partial charge in [0.1, 0.15) is 0 Å². The fourth-order valence-electron chi connectivity index (χ4n) is 0. The Hall–Kier alpha value is 6.69. The van der Waals surface area contributed by atoms with Crippen molar-refractivity contribution in [1.82, 2.24) is 0 Å². The molecular weight excluding hydrogens is 452 g/mol. The molecule has 0 fully saturated rings. The minimum Gasteiger partial charge on any atom is -2.00 e. The van der Waals surface area contributed by atoms with Gasteiger partial charge in [-0.15, -0.1) is 0 Å². The van der Waals surface area contributed by atoms with Gasteiger partial charge in [-0.3, -0.25) is 0 Å². The summed E-state index contributed by atoms with van der Waals surface area (Å²) in [6.07, 6.45) is 0. The van der Waals surface area contributed by atoms with Gasteiger partial charge in [0.25, 0.3) is 0 Å². The van der Waals surface area contributed by atoms with Gasteiger partial charge in [0.05, 0.1) is 0 Å². The maximum atomic E-state index is 0. The molecule has 0 heterocycles. The molecule has 37 valence electrons. The van der Waals surface area contributed by atoms with E-state index < -0.39 is 0 Å². The average molecular weight is 452 g/mol. The van der Waals surface area contributed by atoms with E-state index in [9.17, 15) is 0 Å². The monoisotopic (exact) mass is 452 g/mol. The maximum Gasteiger partial charge on any atom is 1.00 e. The largest absolute Gasteiger partial charge is 2.00 e. The second-order valence-electron chi connectivity index (χ2n) is 0. The summed E-state index contributed by atoms with van der Waals surface area (Å²) in [6.45, 7) is 0. The van der Waals surface area contributed by atoms with E-state index in [1.165, 1.54) is 0 Å². The molecular formula is Cs2LiS4V-5. The van der Waals surface area contributed by atoms with Gasteiger partial charge < -0.3 is 54.0 Å². The quantitative estimate of drug-likeness (QED) is 0.321. The zero-order valence-corrected chi connectivity index (χ0v) is 22.3. The average Bonchev–Trinajstić information content (AvgIpc) is 0. The van der Waals surface area contributed by atoms with Crippen molar-refractivity contribution in [2.75, 3.05) is 0 Å². The molecule has 8 heteroatoms. The van der Waals surface area contributed by atoms with Crippen LogP contribution in [0.25, 0.3) is 0 Å². The topological polar surface area (TPSA) is 0 Å². The summed E-state index contributed by atoms with van der Waals surface area (Å²) in [7, 11) is 0. The maximum absolute atomic E-state index is 0. The van der Waals surface area contributed by atoms with E-state index >= 15 is 0 Å². The Balaban J connectivity index is 0. The van der Waals surface area contributed by atoms with Gasteiger partial charge in [-0.2, -0.15) is 0 Å². The molecule has 0 amide bonds. The van der Waals surface area contributed by atoms with Crippen LogP contribution < -0.4 is 157 Å². The van der Waals surface area contributed by atoms with Gasteiger partial charge in [-0.05, 0) is 0 Å². The van der Waals surface area contributed by atoms with E-state index in [1.54, 1.807) is 0 Å². The Kier molecular flexibility index (Phi) is 379. The molecule has 0 aliphatic rings. The van der Waals surface area contributed by atoms with Gasteiger partial charge in [0.15, 0.2) is 0 Å². The third-order valence-electron chi connectivity index (χ3n) is 0. The normalized spacial score (nSPS) is 0. The first-order valence-corrected chi connectivity index (χ1v) is 0. The minimum atomic E-state index is 0. The SMILES string of the molecule is [Cs+].[Cs+].[Li+].[S-2].[S-2].[S-2].[S-2].[V]. The van der Waals surface area contributed by atoms with Crippen LogP contribution in [0.1, 0.15) is 0 Å². The number of hydrogen-bond acceptors (Lipinski definition) is 0. The molecule has 0 bridgehead atoms. The Labute approximate surface area is 221 Å². The van der Waals surface area contributed by atoms with E-state index in [4.69, 9.17) is 0 Å². The molecule has 0 saturated carbocycles. The first kappa shape index (κ1) is 61.5. The van der Waals surface area contributed by atoms with Crippen molar-refractivity contribution in [1.29, 1.82) is 0 Å². The van der Waals surface area contributed by atoms with E-state index in [1.807, 2.05) is 0 Å². The predicted octanol–water partition coefficient (Wildman–Crippen LogP) is -9.00. The van der Waals surface area contributed by atoms with Gasteiger partial charge in [-0.1, -0.05) is 0 Å². The summed E-state index contributed by atoms with van der Waals surface area (Å²) < 4.78 is 0.